The van der Waals surface area contributed by atoms with Crippen molar-refractivity contribution in [2.45, 2.75) is 32.2 Å². The van der Waals surface area contributed by atoms with E-state index in [1.807, 2.05) is 6.92 Å². The second-order valence-electron chi connectivity index (χ2n) is 4.65. The van der Waals surface area contributed by atoms with Gasteiger partial charge >= 0.3 is 0 Å². The van der Waals surface area contributed by atoms with Crippen molar-refractivity contribution in [1.82, 2.24) is 0 Å². The summed E-state index contributed by atoms with van der Waals surface area (Å²) in [6.45, 7) is 3.19. The van der Waals surface area contributed by atoms with E-state index >= 15 is 0 Å². The van der Waals surface area contributed by atoms with Crippen LogP contribution < -0.4 is 15.2 Å². The standard InChI is InChI=1S/C14H19NO3/c1-10(15)3-5-12(16)11-4-6-13-14(9-11)18-8-2-7-17-13/h4,6,9-10H,2-3,5,7-8,15H2,1H3. The van der Waals surface area contributed by atoms with E-state index in [1.165, 1.54) is 0 Å². The van der Waals surface area contributed by atoms with E-state index < -0.39 is 0 Å². The Morgan fingerprint density at radius 2 is 2.06 bits per heavy atom. The van der Waals surface area contributed by atoms with E-state index in [1.54, 1.807) is 18.2 Å². The first-order valence-electron chi connectivity index (χ1n) is 6.35. The van der Waals surface area contributed by atoms with E-state index in [2.05, 4.69) is 0 Å². The number of fused-ring (bicyclic) bond motifs is 1. The van der Waals surface area contributed by atoms with Crippen molar-refractivity contribution in [3.8, 4) is 11.5 Å². The maximum Gasteiger partial charge on any atom is 0.163 e. The predicted molar refractivity (Wildman–Crippen MR) is 69.3 cm³/mol. The molecule has 0 saturated carbocycles. The summed E-state index contributed by atoms with van der Waals surface area (Å²) in [5, 5.41) is 0. The Bertz CT molecular complexity index is 429. The molecule has 0 spiro atoms. The van der Waals surface area contributed by atoms with Crippen molar-refractivity contribution in [1.29, 1.82) is 0 Å². The van der Waals surface area contributed by atoms with Gasteiger partial charge in [0.15, 0.2) is 17.3 Å². The van der Waals surface area contributed by atoms with E-state index in [4.69, 9.17) is 15.2 Å². The maximum absolute atomic E-state index is 12.0. The van der Waals surface area contributed by atoms with Gasteiger partial charge in [-0.3, -0.25) is 4.79 Å². The van der Waals surface area contributed by atoms with Gasteiger partial charge in [0.05, 0.1) is 13.2 Å². The van der Waals surface area contributed by atoms with Crippen LogP contribution in [-0.2, 0) is 0 Å². The summed E-state index contributed by atoms with van der Waals surface area (Å²) in [4.78, 5) is 12.0. The fraction of sp³-hybridized carbons (Fsp3) is 0.500. The van der Waals surface area contributed by atoms with Crippen LogP contribution in [0.5, 0.6) is 11.5 Å². The molecule has 0 aromatic heterocycles. The molecular weight excluding hydrogens is 230 g/mol. The minimum atomic E-state index is 0.0503. The highest BCUT2D eigenvalue weighted by molar-refractivity contribution is 5.96. The topological polar surface area (TPSA) is 61.6 Å². The van der Waals surface area contributed by atoms with Crippen molar-refractivity contribution in [2.75, 3.05) is 13.2 Å². The summed E-state index contributed by atoms with van der Waals surface area (Å²) in [5.41, 5.74) is 6.32. The number of Topliss-reactive ketones (excluding diaryl/α,β-unsaturated/α-hetero) is 1. The van der Waals surface area contributed by atoms with Crippen molar-refractivity contribution >= 4 is 5.78 Å². The maximum atomic E-state index is 12.0. The number of ether oxygens (including phenoxy) is 2. The number of hydrogen-bond donors (Lipinski definition) is 1. The van der Waals surface area contributed by atoms with E-state index in [-0.39, 0.29) is 11.8 Å². The second-order valence-corrected chi connectivity index (χ2v) is 4.65. The molecule has 1 heterocycles. The van der Waals surface area contributed by atoms with Crippen LogP contribution in [0.25, 0.3) is 0 Å². The largest absolute Gasteiger partial charge is 0.490 e. The van der Waals surface area contributed by atoms with Crippen LogP contribution in [0.15, 0.2) is 18.2 Å². The van der Waals surface area contributed by atoms with Crippen molar-refractivity contribution in [3.63, 3.8) is 0 Å². The average Bonchev–Trinajstić information content (AvgIpc) is 2.60. The number of benzene rings is 1. The summed E-state index contributed by atoms with van der Waals surface area (Å²) in [5.74, 6) is 1.48. The molecule has 0 radical (unpaired) electrons. The fourth-order valence-corrected chi connectivity index (χ4v) is 1.84. The van der Waals surface area contributed by atoms with Crippen LogP contribution in [0.4, 0.5) is 0 Å². The molecule has 0 saturated heterocycles. The number of hydrogen-bond acceptors (Lipinski definition) is 4. The summed E-state index contributed by atoms with van der Waals surface area (Å²) in [6, 6.07) is 5.41. The molecule has 0 bridgehead atoms. The van der Waals surface area contributed by atoms with Gasteiger partial charge < -0.3 is 15.2 Å². The molecule has 4 heteroatoms. The van der Waals surface area contributed by atoms with Gasteiger partial charge in [0.2, 0.25) is 0 Å². The number of carbonyl (C=O) groups excluding carboxylic acids is 1. The highest BCUT2D eigenvalue weighted by atomic mass is 16.5. The molecule has 0 amide bonds. The second kappa shape index (κ2) is 5.87. The molecule has 2 N–H and O–H groups in total. The van der Waals surface area contributed by atoms with Gasteiger partial charge in [-0.2, -0.15) is 0 Å². The van der Waals surface area contributed by atoms with E-state index in [0.717, 1.165) is 12.2 Å². The minimum Gasteiger partial charge on any atom is -0.490 e. The van der Waals surface area contributed by atoms with Crippen molar-refractivity contribution in [2.24, 2.45) is 5.73 Å². The van der Waals surface area contributed by atoms with Crippen LogP contribution >= 0.6 is 0 Å². The van der Waals surface area contributed by atoms with E-state index in [0.29, 0.717) is 37.4 Å². The van der Waals surface area contributed by atoms with Crippen LogP contribution in [0.3, 0.4) is 0 Å². The molecule has 0 fully saturated rings. The molecule has 1 aromatic carbocycles. The third-order valence-corrected chi connectivity index (χ3v) is 2.90. The van der Waals surface area contributed by atoms with Crippen LogP contribution in [0.2, 0.25) is 0 Å². The lowest BCUT2D eigenvalue weighted by Gasteiger charge is -2.09. The average molecular weight is 249 g/mol. The van der Waals surface area contributed by atoms with Crippen LogP contribution in [0.1, 0.15) is 36.5 Å². The van der Waals surface area contributed by atoms with Crippen molar-refractivity contribution < 1.29 is 14.3 Å². The predicted octanol–water partition coefficient (Wildman–Crippen LogP) is 2.16. The third kappa shape index (κ3) is 3.23. The summed E-state index contributed by atoms with van der Waals surface area (Å²) < 4.78 is 11.1. The Morgan fingerprint density at radius 3 is 2.78 bits per heavy atom. The molecule has 2 rings (SSSR count). The number of rotatable bonds is 4. The normalized spacial score (nSPS) is 15.9. The Balaban J connectivity index is 2.10. The van der Waals surface area contributed by atoms with Crippen LogP contribution in [-0.4, -0.2) is 25.0 Å². The Kier molecular flexibility index (Phi) is 4.20. The van der Waals surface area contributed by atoms with Gasteiger partial charge in [-0.1, -0.05) is 0 Å². The van der Waals surface area contributed by atoms with Gasteiger partial charge in [-0.05, 0) is 31.5 Å². The zero-order valence-corrected chi connectivity index (χ0v) is 10.6. The summed E-state index contributed by atoms with van der Waals surface area (Å²) >= 11 is 0. The monoisotopic (exact) mass is 249 g/mol. The number of nitrogens with two attached hydrogens (primary N) is 1. The van der Waals surface area contributed by atoms with Gasteiger partial charge in [0, 0.05) is 24.4 Å². The third-order valence-electron chi connectivity index (χ3n) is 2.90. The van der Waals surface area contributed by atoms with E-state index in [9.17, 15) is 4.79 Å². The first-order chi connectivity index (χ1) is 8.66. The molecule has 4 nitrogen and oxygen atoms in total. The molecule has 1 unspecified atom stereocenters. The first-order valence-corrected chi connectivity index (χ1v) is 6.35. The summed E-state index contributed by atoms with van der Waals surface area (Å²) in [7, 11) is 0. The molecule has 1 aromatic rings. The molecule has 1 aliphatic rings. The lowest BCUT2D eigenvalue weighted by Crippen LogP contribution is -2.16. The molecule has 1 aliphatic heterocycles. The molecule has 98 valence electrons. The molecular formula is C14H19NO3. The molecule has 18 heavy (non-hydrogen) atoms. The quantitative estimate of drug-likeness (QED) is 0.831. The van der Waals surface area contributed by atoms with Crippen LogP contribution in [0, 0.1) is 0 Å². The highest BCUT2D eigenvalue weighted by Crippen LogP contribution is 2.30. The molecule has 1 atom stereocenters. The smallest absolute Gasteiger partial charge is 0.163 e. The number of ketones is 1. The van der Waals surface area contributed by atoms with Gasteiger partial charge in [0.1, 0.15) is 0 Å². The highest BCUT2D eigenvalue weighted by Gasteiger charge is 2.14. The first kappa shape index (κ1) is 12.9. The zero-order chi connectivity index (χ0) is 13.0. The minimum absolute atomic E-state index is 0.0503. The Morgan fingerprint density at radius 1 is 1.33 bits per heavy atom. The summed E-state index contributed by atoms with van der Waals surface area (Å²) in [6.07, 6.45) is 2.03. The zero-order valence-electron chi connectivity index (χ0n) is 10.6. The van der Waals surface area contributed by atoms with Crippen molar-refractivity contribution in [3.05, 3.63) is 23.8 Å². The van der Waals surface area contributed by atoms with Gasteiger partial charge in [0.25, 0.3) is 0 Å². The number of carbonyl (C=O) groups is 1. The van der Waals surface area contributed by atoms with Gasteiger partial charge in [-0.15, -0.1) is 0 Å². The van der Waals surface area contributed by atoms with Gasteiger partial charge in [-0.25, -0.2) is 0 Å². The lowest BCUT2D eigenvalue weighted by atomic mass is 10.0. The fourth-order valence-electron chi connectivity index (χ4n) is 1.84. The molecule has 0 aliphatic carbocycles. The SMILES string of the molecule is CC(N)CCC(=O)c1ccc2c(c1)OCCCO2. The Labute approximate surface area is 107 Å². The lowest BCUT2D eigenvalue weighted by molar-refractivity contribution is 0.0977. The Hall–Kier alpha value is -1.55.